The molecular formula is C9H17NO7. The van der Waals surface area contributed by atoms with Crippen molar-refractivity contribution in [3.05, 3.63) is 0 Å². The van der Waals surface area contributed by atoms with Gasteiger partial charge in [0.05, 0.1) is 6.10 Å². The van der Waals surface area contributed by atoms with E-state index in [-0.39, 0.29) is 0 Å². The van der Waals surface area contributed by atoms with E-state index in [9.17, 15) is 9.59 Å². The van der Waals surface area contributed by atoms with Crippen LogP contribution < -0.4 is 5.73 Å². The standard InChI is InChI=1S/C5H11NO.C4H6O6/c6-4-5-2-1-3-7-5;5-1(3(7)8)2(6)4(9)10/h5H,1-4,6H2;1-2,5-6H,(H,7,8)(H,9,10)/t5-;1-,2-/m01/s1. The summed E-state index contributed by atoms with van der Waals surface area (Å²) in [4.78, 5) is 19.5. The predicted molar refractivity (Wildman–Crippen MR) is 55.3 cm³/mol. The molecule has 1 heterocycles. The molecule has 0 bridgehead atoms. The molecule has 0 amide bonds. The zero-order valence-corrected chi connectivity index (χ0v) is 9.15. The van der Waals surface area contributed by atoms with Crippen molar-refractivity contribution < 1.29 is 34.8 Å². The summed E-state index contributed by atoms with van der Waals surface area (Å²) in [5.74, 6) is -3.54. The fraction of sp³-hybridized carbons (Fsp3) is 0.778. The van der Waals surface area contributed by atoms with Gasteiger partial charge < -0.3 is 30.9 Å². The number of ether oxygens (including phenoxy) is 1. The van der Waals surface area contributed by atoms with Crippen LogP contribution in [0.5, 0.6) is 0 Å². The molecule has 0 aliphatic carbocycles. The quantitative estimate of drug-likeness (QED) is 0.385. The largest absolute Gasteiger partial charge is 0.479 e. The van der Waals surface area contributed by atoms with Gasteiger partial charge in [0, 0.05) is 13.2 Å². The Morgan fingerprint density at radius 1 is 1.24 bits per heavy atom. The van der Waals surface area contributed by atoms with Gasteiger partial charge >= 0.3 is 11.9 Å². The average molecular weight is 251 g/mol. The number of carbonyl (C=O) groups is 2. The minimum absolute atomic E-state index is 0.375. The minimum atomic E-state index is -2.27. The van der Waals surface area contributed by atoms with Crippen molar-refractivity contribution in [2.75, 3.05) is 13.2 Å². The molecule has 17 heavy (non-hydrogen) atoms. The highest BCUT2D eigenvalue weighted by Gasteiger charge is 2.29. The molecule has 8 nitrogen and oxygen atoms in total. The monoisotopic (exact) mass is 251 g/mol. The van der Waals surface area contributed by atoms with E-state index in [1.807, 2.05) is 0 Å². The lowest BCUT2D eigenvalue weighted by molar-refractivity contribution is -0.165. The smallest absolute Gasteiger partial charge is 0.335 e. The van der Waals surface area contributed by atoms with Crippen LogP contribution in [0.4, 0.5) is 0 Å². The summed E-state index contributed by atoms with van der Waals surface area (Å²) in [6.07, 6.45) is -1.80. The van der Waals surface area contributed by atoms with Crippen molar-refractivity contribution in [2.45, 2.75) is 31.2 Å². The first-order chi connectivity index (χ1) is 7.90. The molecule has 3 atom stereocenters. The zero-order chi connectivity index (χ0) is 13.4. The minimum Gasteiger partial charge on any atom is -0.479 e. The Morgan fingerprint density at radius 3 is 1.88 bits per heavy atom. The summed E-state index contributed by atoms with van der Waals surface area (Å²) >= 11 is 0. The van der Waals surface area contributed by atoms with E-state index in [0.717, 1.165) is 13.0 Å². The van der Waals surface area contributed by atoms with Crippen molar-refractivity contribution in [1.82, 2.24) is 0 Å². The number of carboxylic acid groups (broad SMARTS) is 2. The highest BCUT2D eigenvalue weighted by Crippen LogP contribution is 2.09. The Hall–Kier alpha value is -1.22. The second kappa shape index (κ2) is 7.96. The van der Waals surface area contributed by atoms with Gasteiger partial charge in [-0.1, -0.05) is 0 Å². The first-order valence-corrected chi connectivity index (χ1v) is 5.03. The van der Waals surface area contributed by atoms with Gasteiger partial charge in [-0.15, -0.1) is 0 Å². The van der Waals surface area contributed by atoms with Crippen molar-refractivity contribution >= 4 is 11.9 Å². The maximum absolute atomic E-state index is 9.77. The van der Waals surface area contributed by atoms with Crippen LogP contribution in [0.3, 0.4) is 0 Å². The molecule has 0 aromatic heterocycles. The SMILES string of the molecule is NC[C@@H]1CCCO1.O=C(O)[C@H](O)[C@@H](O)C(=O)O. The Labute approximate surface area is 97.6 Å². The molecule has 100 valence electrons. The number of hydrogen-bond acceptors (Lipinski definition) is 6. The Morgan fingerprint density at radius 2 is 1.71 bits per heavy atom. The van der Waals surface area contributed by atoms with E-state index >= 15 is 0 Å². The molecule has 0 unspecified atom stereocenters. The molecule has 1 aliphatic rings. The number of hydrogen-bond donors (Lipinski definition) is 5. The first kappa shape index (κ1) is 15.8. The van der Waals surface area contributed by atoms with Gasteiger partial charge in [0.25, 0.3) is 0 Å². The van der Waals surface area contributed by atoms with Gasteiger partial charge in [-0.25, -0.2) is 9.59 Å². The van der Waals surface area contributed by atoms with E-state index in [2.05, 4.69) is 0 Å². The van der Waals surface area contributed by atoms with E-state index < -0.39 is 24.1 Å². The van der Waals surface area contributed by atoms with Crippen LogP contribution in [0.2, 0.25) is 0 Å². The predicted octanol–water partition coefficient (Wildman–Crippen LogP) is -2.00. The van der Waals surface area contributed by atoms with Crippen LogP contribution in [-0.2, 0) is 14.3 Å². The highest BCUT2D eigenvalue weighted by molar-refractivity contribution is 5.83. The van der Waals surface area contributed by atoms with Gasteiger partial charge in [0.1, 0.15) is 0 Å². The third-order valence-corrected chi connectivity index (χ3v) is 2.09. The fourth-order valence-corrected chi connectivity index (χ4v) is 1.10. The molecule has 0 radical (unpaired) electrons. The molecule has 6 N–H and O–H groups in total. The van der Waals surface area contributed by atoms with Crippen molar-refractivity contribution in [1.29, 1.82) is 0 Å². The van der Waals surface area contributed by atoms with Gasteiger partial charge in [-0.05, 0) is 12.8 Å². The summed E-state index contributed by atoms with van der Waals surface area (Å²) in [6.45, 7) is 1.61. The second-order valence-corrected chi connectivity index (χ2v) is 3.44. The van der Waals surface area contributed by atoms with E-state index in [1.54, 1.807) is 0 Å². The van der Waals surface area contributed by atoms with E-state index in [0.29, 0.717) is 12.6 Å². The summed E-state index contributed by atoms with van der Waals surface area (Å²) in [5.41, 5.74) is 5.31. The van der Waals surface area contributed by atoms with Crippen LogP contribution >= 0.6 is 0 Å². The van der Waals surface area contributed by atoms with E-state index in [1.165, 1.54) is 6.42 Å². The normalized spacial score (nSPS) is 22.2. The number of nitrogens with two attached hydrogens (primary N) is 1. The molecule has 8 heteroatoms. The van der Waals surface area contributed by atoms with Crippen LogP contribution in [-0.4, -0.2) is 63.8 Å². The molecule has 0 spiro atoms. The average Bonchev–Trinajstić information content (AvgIpc) is 2.80. The molecule has 0 saturated carbocycles. The van der Waals surface area contributed by atoms with Crippen LogP contribution in [0.25, 0.3) is 0 Å². The Bertz CT molecular complexity index is 234. The van der Waals surface area contributed by atoms with Gasteiger partial charge in [-0.2, -0.15) is 0 Å². The second-order valence-electron chi connectivity index (χ2n) is 3.44. The molecule has 1 saturated heterocycles. The maximum atomic E-state index is 9.77. The third kappa shape index (κ3) is 6.17. The molecule has 1 fully saturated rings. The molecule has 0 aromatic carbocycles. The number of aliphatic hydroxyl groups excluding tert-OH is 2. The highest BCUT2D eigenvalue weighted by atomic mass is 16.5. The number of aliphatic hydroxyl groups is 2. The lowest BCUT2D eigenvalue weighted by atomic mass is 10.2. The Kier molecular flexibility index (Phi) is 7.39. The number of aliphatic carboxylic acids is 2. The van der Waals surface area contributed by atoms with Gasteiger partial charge in [-0.3, -0.25) is 0 Å². The lowest BCUT2D eigenvalue weighted by Crippen LogP contribution is -2.39. The number of rotatable bonds is 4. The van der Waals surface area contributed by atoms with Crippen molar-refractivity contribution in [3.8, 4) is 0 Å². The summed E-state index contributed by atoms with van der Waals surface area (Å²) in [7, 11) is 0. The molecule has 1 rings (SSSR count). The van der Waals surface area contributed by atoms with Crippen LogP contribution in [0.1, 0.15) is 12.8 Å². The fourth-order valence-electron chi connectivity index (χ4n) is 1.10. The third-order valence-electron chi connectivity index (χ3n) is 2.09. The Balaban J connectivity index is 0.000000318. The lowest BCUT2D eigenvalue weighted by Gasteiger charge is -2.07. The van der Waals surface area contributed by atoms with Crippen LogP contribution in [0, 0.1) is 0 Å². The number of carboxylic acids is 2. The summed E-state index contributed by atoms with van der Waals surface area (Å²) < 4.78 is 5.18. The van der Waals surface area contributed by atoms with Gasteiger partial charge in [0.15, 0.2) is 12.2 Å². The van der Waals surface area contributed by atoms with Crippen molar-refractivity contribution in [2.24, 2.45) is 5.73 Å². The molecule has 1 aliphatic heterocycles. The molecule has 0 aromatic rings. The van der Waals surface area contributed by atoms with Crippen LogP contribution in [0.15, 0.2) is 0 Å². The van der Waals surface area contributed by atoms with E-state index in [4.69, 9.17) is 30.9 Å². The zero-order valence-electron chi connectivity index (χ0n) is 9.15. The summed E-state index contributed by atoms with van der Waals surface area (Å²) in [6, 6.07) is 0. The summed E-state index contributed by atoms with van der Waals surface area (Å²) in [5, 5.41) is 32.5. The molecular weight excluding hydrogens is 234 g/mol. The van der Waals surface area contributed by atoms with Crippen molar-refractivity contribution in [3.63, 3.8) is 0 Å². The maximum Gasteiger partial charge on any atom is 0.335 e. The first-order valence-electron chi connectivity index (χ1n) is 5.03. The van der Waals surface area contributed by atoms with Gasteiger partial charge in [0.2, 0.25) is 0 Å². The topological polar surface area (TPSA) is 150 Å².